The normalized spacial score (nSPS) is 17.0. The average molecular weight is 290 g/mol. The lowest BCUT2D eigenvalue weighted by atomic mass is 9.87. The summed E-state index contributed by atoms with van der Waals surface area (Å²) in [4.78, 5) is 2.37. The van der Waals surface area contributed by atoms with Gasteiger partial charge in [0, 0.05) is 19.6 Å². The Morgan fingerprint density at radius 1 is 1.14 bits per heavy atom. The first kappa shape index (κ1) is 16.2. The van der Waals surface area contributed by atoms with Crippen molar-refractivity contribution < 1.29 is 0 Å². The summed E-state index contributed by atoms with van der Waals surface area (Å²) in [5, 5.41) is 12.2. The van der Waals surface area contributed by atoms with Crippen molar-refractivity contribution in [1.82, 2.24) is 15.5 Å². The van der Waals surface area contributed by atoms with Crippen LogP contribution in [-0.4, -0.2) is 29.8 Å². The van der Waals surface area contributed by atoms with Gasteiger partial charge in [-0.05, 0) is 49.3 Å². The Morgan fingerprint density at radius 3 is 2.38 bits per heavy atom. The predicted molar refractivity (Wildman–Crippen MR) is 88.4 cm³/mol. The van der Waals surface area contributed by atoms with E-state index in [-0.39, 0.29) is 0 Å². The SMILES string of the molecule is CC(C)CNCc1ccc(N2CCC(C(C)C)CC2)nn1. The van der Waals surface area contributed by atoms with Crippen LogP contribution >= 0.6 is 0 Å². The van der Waals surface area contributed by atoms with E-state index in [1.807, 2.05) is 0 Å². The van der Waals surface area contributed by atoms with E-state index in [2.05, 4.69) is 60.2 Å². The summed E-state index contributed by atoms with van der Waals surface area (Å²) >= 11 is 0. The highest BCUT2D eigenvalue weighted by atomic mass is 15.3. The molecule has 0 aromatic carbocycles. The summed E-state index contributed by atoms with van der Waals surface area (Å²) in [6, 6.07) is 4.22. The van der Waals surface area contributed by atoms with Gasteiger partial charge in [0.1, 0.15) is 0 Å². The van der Waals surface area contributed by atoms with Gasteiger partial charge in [0.2, 0.25) is 0 Å². The number of rotatable bonds is 6. The molecular formula is C17H30N4. The molecule has 0 unspecified atom stereocenters. The Morgan fingerprint density at radius 2 is 1.86 bits per heavy atom. The van der Waals surface area contributed by atoms with Crippen LogP contribution in [0.2, 0.25) is 0 Å². The van der Waals surface area contributed by atoms with Gasteiger partial charge in [-0.15, -0.1) is 5.10 Å². The Labute approximate surface area is 129 Å². The Bertz CT molecular complexity index is 405. The Balaban J connectivity index is 1.82. The summed E-state index contributed by atoms with van der Waals surface area (Å²) in [6.07, 6.45) is 2.55. The van der Waals surface area contributed by atoms with Crippen LogP contribution in [0.15, 0.2) is 12.1 Å². The predicted octanol–water partition coefficient (Wildman–Crippen LogP) is 3.09. The molecule has 1 aromatic heterocycles. The van der Waals surface area contributed by atoms with E-state index < -0.39 is 0 Å². The molecule has 0 amide bonds. The van der Waals surface area contributed by atoms with E-state index in [0.29, 0.717) is 5.92 Å². The topological polar surface area (TPSA) is 41.0 Å². The first-order valence-corrected chi connectivity index (χ1v) is 8.34. The molecule has 2 rings (SSSR count). The molecule has 0 radical (unpaired) electrons. The second kappa shape index (κ2) is 7.74. The minimum Gasteiger partial charge on any atom is -0.355 e. The molecule has 2 heterocycles. The van der Waals surface area contributed by atoms with Gasteiger partial charge in [0.15, 0.2) is 5.82 Å². The maximum atomic E-state index is 4.41. The Kier molecular flexibility index (Phi) is 5.97. The summed E-state index contributed by atoms with van der Waals surface area (Å²) < 4.78 is 0. The summed E-state index contributed by atoms with van der Waals surface area (Å²) in [7, 11) is 0. The van der Waals surface area contributed by atoms with Crippen molar-refractivity contribution in [3.8, 4) is 0 Å². The van der Waals surface area contributed by atoms with Crippen molar-refractivity contribution in [2.75, 3.05) is 24.5 Å². The summed E-state index contributed by atoms with van der Waals surface area (Å²) in [6.45, 7) is 13.1. The molecule has 0 spiro atoms. The molecule has 1 N–H and O–H groups in total. The smallest absolute Gasteiger partial charge is 0.151 e. The van der Waals surface area contributed by atoms with Crippen molar-refractivity contribution in [3.05, 3.63) is 17.8 Å². The van der Waals surface area contributed by atoms with Crippen molar-refractivity contribution in [1.29, 1.82) is 0 Å². The fourth-order valence-electron chi connectivity index (χ4n) is 2.90. The zero-order valence-corrected chi connectivity index (χ0v) is 14.0. The number of nitrogens with one attached hydrogen (secondary N) is 1. The number of nitrogens with zero attached hydrogens (tertiary/aromatic N) is 3. The van der Waals surface area contributed by atoms with Crippen LogP contribution in [0, 0.1) is 17.8 Å². The summed E-state index contributed by atoms with van der Waals surface area (Å²) in [5.41, 5.74) is 1.02. The van der Waals surface area contributed by atoms with Gasteiger partial charge in [-0.2, -0.15) is 5.10 Å². The lowest BCUT2D eigenvalue weighted by Gasteiger charge is -2.34. The first-order valence-electron chi connectivity index (χ1n) is 8.34. The largest absolute Gasteiger partial charge is 0.355 e. The minimum absolute atomic E-state index is 0.666. The standard InChI is InChI=1S/C17H30N4/c1-13(2)11-18-12-16-5-6-17(20-19-16)21-9-7-15(8-10-21)14(3)4/h5-6,13-15,18H,7-12H2,1-4H3. The highest BCUT2D eigenvalue weighted by Gasteiger charge is 2.22. The highest BCUT2D eigenvalue weighted by molar-refractivity contribution is 5.37. The second-order valence-electron chi connectivity index (χ2n) is 6.98. The molecule has 0 saturated carbocycles. The number of piperidine rings is 1. The third kappa shape index (κ3) is 4.95. The van der Waals surface area contributed by atoms with Gasteiger partial charge < -0.3 is 10.2 Å². The fraction of sp³-hybridized carbons (Fsp3) is 0.765. The molecule has 1 fully saturated rings. The molecule has 21 heavy (non-hydrogen) atoms. The van der Waals surface area contributed by atoms with Gasteiger partial charge >= 0.3 is 0 Å². The number of anilines is 1. The lowest BCUT2D eigenvalue weighted by Crippen LogP contribution is -2.35. The molecule has 4 heteroatoms. The zero-order valence-electron chi connectivity index (χ0n) is 14.0. The van der Waals surface area contributed by atoms with Crippen LogP contribution in [-0.2, 0) is 6.54 Å². The van der Waals surface area contributed by atoms with Gasteiger partial charge in [0.05, 0.1) is 5.69 Å². The monoisotopic (exact) mass is 290 g/mol. The van der Waals surface area contributed by atoms with Crippen molar-refractivity contribution in [2.45, 2.75) is 47.1 Å². The summed E-state index contributed by atoms with van der Waals surface area (Å²) in [5.74, 6) is 3.37. The molecule has 0 atom stereocenters. The van der Waals surface area contributed by atoms with Crippen LogP contribution in [0.4, 0.5) is 5.82 Å². The third-order valence-corrected chi connectivity index (χ3v) is 4.37. The molecule has 0 bridgehead atoms. The van der Waals surface area contributed by atoms with Gasteiger partial charge in [-0.3, -0.25) is 0 Å². The molecule has 118 valence electrons. The van der Waals surface area contributed by atoms with E-state index in [1.165, 1.54) is 12.8 Å². The van der Waals surface area contributed by atoms with E-state index >= 15 is 0 Å². The third-order valence-electron chi connectivity index (χ3n) is 4.37. The lowest BCUT2D eigenvalue weighted by molar-refractivity contribution is 0.310. The van der Waals surface area contributed by atoms with Crippen molar-refractivity contribution >= 4 is 5.82 Å². The molecule has 0 aliphatic carbocycles. The Hall–Kier alpha value is -1.16. The molecule has 4 nitrogen and oxygen atoms in total. The average Bonchev–Trinajstić information content (AvgIpc) is 2.48. The number of hydrogen-bond donors (Lipinski definition) is 1. The maximum absolute atomic E-state index is 4.41. The van der Waals surface area contributed by atoms with E-state index in [1.54, 1.807) is 0 Å². The molecule has 1 aliphatic rings. The molecule has 1 saturated heterocycles. The zero-order chi connectivity index (χ0) is 15.2. The quantitative estimate of drug-likeness (QED) is 0.874. The molecule has 1 aromatic rings. The van der Waals surface area contributed by atoms with Gasteiger partial charge in [-0.25, -0.2) is 0 Å². The maximum Gasteiger partial charge on any atom is 0.151 e. The number of hydrogen-bond acceptors (Lipinski definition) is 4. The van der Waals surface area contributed by atoms with Crippen molar-refractivity contribution in [2.24, 2.45) is 17.8 Å². The number of aromatic nitrogens is 2. The van der Waals surface area contributed by atoms with Crippen LogP contribution in [0.25, 0.3) is 0 Å². The van der Waals surface area contributed by atoms with Crippen LogP contribution < -0.4 is 10.2 Å². The van der Waals surface area contributed by atoms with E-state index in [9.17, 15) is 0 Å². The molecular weight excluding hydrogens is 260 g/mol. The van der Waals surface area contributed by atoms with Crippen LogP contribution in [0.3, 0.4) is 0 Å². The van der Waals surface area contributed by atoms with E-state index in [4.69, 9.17) is 0 Å². The second-order valence-corrected chi connectivity index (χ2v) is 6.98. The molecule has 1 aliphatic heterocycles. The fourth-order valence-corrected chi connectivity index (χ4v) is 2.90. The first-order chi connectivity index (χ1) is 10.1. The van der Waals surface area contributed by atoms with Gasteiger partial charge in [-0.1, -0.05) is 27.7 Å². The van der Waals surface area contributed by atoms with E-state index in [0.717, 1.165) is 49.5 Å². The van der Waals surface area contributed by atoms with Crippen LogP contribution in [0.1, 0.15) is 46.2 Å². The van der Waals surface area contributed by atoms with Gasteiger partial charge in [0.25, 0.3) is 0 Å². The van der Waals surface area contributed by atoms with Crippen LogP contribution in [0.5, 0.6) is 0 Å². The van der Waals surface area contributed by atoms with Crippen molar-refractivity contribution in [3.63, 3.8) is 0 Å². The minimum atomic E-state index is 0.666. The highest BCUT2D eigenvalue weighted by Crippen LogP contribution is 2.26.